The van der Waals surface area contributed by atoms with E-state index in [9.17, 15) is 4.79 Å². The molecule has 2 rings (SSSR count). The average Bonchev–Trinajstić information content (AvgIpc) is 2.47. The molecule has 0 radical (unpaired) electrons. The summed E-state index contributed by atoms with van der Waals surface area (Å²) < 4.78 is 0. The monoisotopic (exact) mass is 296 g/mol. The standard InChI is InChI=1S/C16H32N4O/c1-14(2)13-18-9-11-19(12-10-18)15(21)16(3,4)20-7-5-17-6-8-20/h14,17H,5-13H2,1-4H3. The maximum Gasteiger partial charge on any atom is 0.242 e. The van der Waals surface area contributed by atoms with Crippen LogP contribution in [0, 0.1) is 5.92 Å². The zero-order valence-electron chi connectivity index (χ0n) is 14.2. The number of amides is 1. The molecule has 122 valence electrons. The van der Waals surface area contributed by atoms with Gasteiger partial charge in [0, 0.05) is 58.9 Å². The third-order valence-corrected chi connectivity index (χ3v) is 4.71. The highest BCUT2D eigenvalue weighted by atomic mass is 16.2. The second-order valence-corrected chi connectivity index (χ2v) is 7.28. The van der Waals surface area contributed by atoms with Crippen LogP contribution in [-0.4, -0.2) is 85.0 Å². The third kappa shape index (κ3) is 4.18. The van der Waals surface area contributed by atoms with Gasteiger partial charge < -0.3 is 10.2 Å². The van der Waals surface area contributed by atoms with Crippen molar-refractivity contribution in [2.45, 2.75) is 33.2 Å². The van der Waals surface area contributed by atoms with Gasteiger partial charge in [-0.15, -0.1) is 0 Å². The Morgan fingerprint density at radius 2 is 1.62 bits per heavy atom. The fourth-order valence-corrected chi connectivity index (χ4v) is 3.40. The predicted molar refractivity (Wildman–Crippen MR) is 86.4 cm³/mol. The first kappa shape index (κ1) is 16.7. The highest BCUT2D eigenvalue weighted by Gasteiger charge is 2.38. The van der Waals surface area contributed by atoms with Gasteiger partial charge in [0.25, 0.3) is 0 Å². The fourth-order valence-electron chi connectivity index (χ4n) is 3.40. The maximum atomic E-state index is 12.9. The largest absolute Gasteiger partial charge is 0.339 e. The van der Waals surface area contributed by atoms with Crippen molar-refractivity contribution in [3.05, 3.63) is 0 Å². The first-order valence-corrected chi connectivity index (χ1v) is 8.38. The van der Waals surface area contributed by atoms with Gasteiger partial charge in [-0.1, -0.05) is 13.8 Å². The van der Waals surface area contributed by atoms with E-state index in [-0.39, 0.29) is 5.54 Å². The SMILES string of the molecule is CC(C)CN1CCN(C(=O)C(C)(C)N2CCNCC2)CC1. The Bertz CT molecular complexity index is 342. The molecule has 0 aromatic carbocycles. The van der Waals surface area contributed by atoms with Crippen LogP contribution >= 0.6 is 0 Å². The van der Waals surface area contributed by atoms with Gasteiger partial charge in [0.05, 0.1) is 5.54 Å². The third-order valence-electron chi connectivity index (χ3n) is 4.71. The van der Waals surface area contributed by atoms with E-state index in [0.717, 1.165) is 58.9 Å². The van der Waals surface area contributed by atoms with Crippen LogP contribution in [0.3, 0.4) is 0 Å². The van der Waals surface area contributed by atoms with Gasteiger partial charge in [-0.3, -0.25) is 14.6 Å². The fraction of sp³-hybridized carbons (Fsp3) is 0.938. The van der Waals surface area contributed by atoms with E-state index in [1.807, 2.05) is 0 Å². The molecule has 0 unspecified atom stereocenters. The predicted octanol–water partition coefficient (Wildman–Crippen LogP) is 0.470. The van der Waals surface area contributed by atoms with Crippen LogP contribution in [-0.2, 0) is 4.79 Å². The van der Waals surface area contributed by atoms with Crippen LogP contribution in [0.15, 0.2) is 0 Å². The molecule has 21 heavy (non-hydrogen) atoms. The Hall–Kier alpha value is -0.650. The highest BCUT2D eigenvalue weighted by molar-refractivity contribution is 5.85. The van der Waals surface area contributed by atoms with Crippen LogP contribution in [0.1, 0.15) is 27.7 Å². The summed E-state index contributed by atoms with van der Waals surface area (Å²) in [5.74, 6) is 0.998. The maximum absolute atomic E-state index is 12.9. The summed E-state index contributed by atoms with van der Waals surface area (Å²) >= 11 is 0. The van der Waals surface area contributed by atoms with Crippen molar-refractivity contribution in [2.24, 2.45) is 5.92 Å². The lowest BCUT2D eigenvalue weighted by Crippen LogP contribution is -2.62. The molecule has 2 aliphatic rings. The van der Waals surface area contributed by atoms with Crippen molar-refractivity contribution in [1.29, 1.82) is 0 Å². The van der Waals surface area contributed by atoms with Crippen LogP contribution in [0.25, 0.3) is 0 Å². The topological polar surface area (TPSA) is 38.8 Å². The number of carbonyl (C=O) groups is 1. The quantitative estimate of drug-likeness (QED) is 0.818. The number of piperazine rings is 2. The van der Waals surface area contributed by atoms with Gasteiger partial charge in [-0.25, -0.2) is 0 Å². The number of hydrogen-bond acceptors (Lipinski definition) is 4. The molecule has 5 nitrogen and oxygen atoms in total. The minimum atomic E-state index is -0.373. The van der Waals surface area contributed by atoms with E-state index in [4.69, 9.17) is 0 Å². The van der Waals surface area contributed by atoms with E-state index >= 15 is 0 Å². The second-order valence-electron chi connectivity index (χ2n) is 7.28. The molecule has 0 saturated carbocycles. The number of rotatable bonds is 4. The van der Waals surface area contributed by atoms with Crippen molar-refractivity contribution < 1.29 is 4.79 Å². The summed E-state index contributed by atoms with van der Waals surface area (Å²) in [6.07, 6.45) is 0. The van der Waals surface area contributed by atoms with Crippen molar-refractivity contribution in [1.82, 2.24) is 20.0 Å². The van der Waals surface area contributed by atoms with Crippen LogP contribution in [0.5, 0.6) is 0 Å². The van der Waals surface area contributed by atoms with Gasteiger partial charge in [0.15, 0.2) is 0 Å². The van der Waals surface area contributed by atoms with E-state index < -0.39 is 0 Å². The highest BCUT2D eigenvalue weighted by Crippen LogP contribution is 2.19. The average molecular weight is 296 g/mol. The molecule has 2 saturated heterocycles. The van der Waals surface area contributed by atoms with Crippen LogP contribution in [0.2, 0.25) is 0 Å². The van der Waals surface area contributed by atoms with E-state index in [1.54, 1.807) is 0 Å². The van der Waals surface area contributed by atoms with Gasteiger partial charge in [0.2, 0.25) is 5.91 Å². The molecule has 1 amide bonds. The summed E-state index contributed by atoms with van der Waals surface area (Å²) in [7, 11) is 0. The van der Waals surface area contributed by atoms with Gasteiger partial charge in [-0.2, -0.15) is 0 Å². The van der Waals surface area contributed by atoms with Gasteiger partial charge in [0.1, 0.15) is 0 Å². The summed E-state index contributed by atoms with van der Waals surface area (Å²) in [4.78, 5) is 19.8. The zero-order valence-corrected chi connectivity index (χ0v) is 14.2. The van der Waals surface area contributed by atoms with Crippen LogP contribution in [0.4, 0.5) is 0 Å². The molecule has 0 atom stereocenters. The van der Waals surface area contributed by atoms with Gasteiger partial charge >= 0.3 is 0 Å². The van der Waals surface area contributed by atoms with Crippen LogP contribution < -0.4 is 5.32 Å². The second kappa shape index (κ2) is 7.07. The van der Waals surface area contributed by atoms with Crippen molar-refractivity contribution in [3.63, 3.8) is 0 Å². The smallest absolute Gasteiger partial charge is 0.242 e. The lowest BCUT2D eigenvalue weighted by Gasteiger charge is -2.44. The van der Waals surface area contributed by atoms with Crippen molar-refractivity contribution in [3.8, 4) is 0 Å². The summed E-state index contributed by atoms with van der Waals surface area (Å²) in [6.45, 7) is 17.5. The minimum Gasteiger partial charge on any atom is -0.339 e. The molecule has 2 heterocycles. The van der Waals surface area contributed by atoms with Gasteiger partial charge in [-0.05, 0) is 19.8 Å². The molecule has 0 spiro atoms. The Labute approximate surface area is 129 Å². The van der Waals surface area contributed by atoms with Crippen molar-refractivity contribution >= 4 is 5.91 Å². The molecule has 2 fully saturated rings. The molecular formula is C16H32N4O. The molecule has 1 N–H and O–H groups in total. The number of hydrogen-bond donors (Lipinski definition) is 1. The molecular weight excluding hydrogens is 264 g/mol. The molecule has 2 aliphatic heterocycles. The number of nitrogens with one attached hydrogen (secondary N) is 1. The van der Waals surface area contributed by atoms with E-state index in [2.05, 4.69) is 47.7 Å². The minimum absolute atomic E-state index is 0.300. The summed E-state index contributed by atoms with van der Waals surface area (Å²) in [6, 6.07) is 0. The first-order valence-electron chi connectivity index (χ1n) is 8.38. The first-order chi connectivity index (χ1) is 9.91. The van der Waals surface area contributed by atoms with E-state index in [0.29, 0.717) is 11.8 Å². The Morgan fingerprint density at radius 3 is 2.14 bits per heavy atom. The number of nitrogens with zero attached hydrogens (tertiary/aromatic N) is 3. The lowest BCUT2D eigenvalue weighted by atomic mass is 9.99. The van der Waals surface area contributed by atoms with E-state index in [1.165, 1.54) is 0 Å². The lowest BCUT2D eigenvalue weighted by molar-refractivity contribution is -0.145. The molecule has 0 bridgehead atoms. The molecule has 0 aliphatic carbocycles. The Balaban J connectivity index is 1.88. The number of carbonyl (C=O) groups excluding carboxylic acids is 1. The molecule has 0 aromatic heterocycles. The molecule has 5 heteroatoms. The zero-order chi connectivity index (χ0) is 15.5. The normalized spacial score (nSPS) is 22.8. The Morgan fingerprint density at radius 1 is 1.05 bits per heavy atom. The Kier molecular flexibility index (Phi) is 5.63. The molecule has 0 aromatic rings. The van der Waals surface area contributed by atoms with Crippen molar-refractivity contribution in [2.75, 3.05) is 58.9 Å². The summed E-state index contributed by atoms with van der Waals surface area (Å²) in [5, 5.41) is 3.36. The summed E-state index contributed by atoms with van der Waals surface area (Å²) in [5.41, 5.74) is -0.373.